The maximum absolute atomic E-state index is 13.7. The third-order valence-electron chi connectivity index (χ3n) is 8.64. The van der Waals surface area contributed by atoms with Crippen molar-refractivity contribution in [2.75, 3.05) is 51.3 Å². The van der Waals surface area contributed by atoms with Gasteiger partial charge in [-0.25, -0.2) is 14.2 Å². The number of aromatic nitrogens is 4. The number of piperidine rings is 1. The third kappa shape index (κ3) is 8.33. The summed E-state index contributed by atoms with van der Waals surface area (Å²) in [7, 11) is 1.35. The van der Waals surface area contributed by atoms with Crippen LogP contribution in [0.4, 0.5) is 28.0 Å². The number of hydrogen-bond acceptors (Lipinski definition) is 8. The Balaban J connectivity index is 1.20. The average Bonchev–Trinajstić information content (AvgIpc) is 3.67. The van der Waals surface area contributed by atoms with Crippen molar-refractivity contribution in [2.24, 2.45) is 7.05 Å². The van der Waals surface area contributed by atoms with Crippen molar-refractivity contribution in [2.45, 2.75) is 57.5 Å². The Morgan fingerprint density at radius 2 is 1.71 bits per heavy atom. The first-order valence-electron chi connectivity index (χ1n) is 16.4. The normalized spacial score (nSPS) is 18.4. The summed E-state index contributed by atoms with van der Waals surface area (Å²) in [5, 5.41) is 17.3. The quantitative estimate of drug-likeness (QED) is 0.340. The molecule has 2 fully saturated rings. The van der Waals surface area contributed by atoms with Crippen LogP contribution in [0.25, 0.3) is 11.3 Å². The number of carbonyl (C=O) groups is 4. The lowest BCUT2D eigenvalue weighted by Crippen LogP contribution is -2.62. The molecule has 3 aromatic rings. The standard InChI is InChI=1S/C33H39ClF4N8O6/c1-31(2,3)52-30(50)45-10-5-8-32(51,19-45)29(49)44-14-12-43(13-15-44)28(48)21-7-6-20(16-23(21)34)40-27(47)26-39-17-24(42(26)4)22-18-46(11-9-35)41-25(22)33(36,37)38/h6-7,16-18,51H,5,8-15,19H2,1-4H3,(H,40,47). The number of anilines is 1. The maximum Gasteiger partial charge on any atom is 0.435 e. The second kappa shape index (κ2) is 14.7. The highest BCUT2D eigenvalue weighted by Gasteiger charge is 2.45. The van der Waals surface area contributed by atoms with E-state index in [2.05, 4.69) is 15.4 Å². The van der Waals surface area contributed by atoms with E-state index in [1.165, 1.54) is 39.9 Å². The molecule has 1 atom stereocenters. The van der Waals surface area contributed by atoms with Gasteiger partial charge in [0, 0.05) is 51.7 Å². The zero-order valence-electron chi connectivity index (χ0n) is 29.0. The molecule has 5 rings (SSSR count). The number of alkyl halides is 4. The summed E-state index contributed by atoms with van der Waals surface area (Å²) in [5.41, 5.74) is -3.90. The lowest BCUT2D eigenvalue weighted by atomic mass is 9.91. The van der Waals surface area contributed by atoms with Crippen LogP contribution in [0.5, 0.6) is 0 Å². The highest BCUT2D eigenvalue weighted by atomic mass is 35.5. The number of piperazine rings is 1. The van der Waals surface area contributed by atoms with Crippen molar-refractivity contribution in [3.63, 3.8) is 0 Å². The van der Waals surface area contributed by atoms with Crippen LogP contribution < -0.4 is 5.32 Å². The van der Waals surface area contributed by atoms with Gasteiger partial charge in [0.2, 0.25) is 0 Å². The Labute approximate surface area is 301 Å². The summed E-state index contributed by atoms with van der Waals surface area (Å²) >= 11 is 6.45. The fourth-order valence-corrected chi connectivity index (χ4v) is 6.38. The number of imidazole rings is 1. The lowest BCUT2D eigenvalue weighted by molar-refractivity contribution is -0.158. The maximum atomic E-state index is 13.7. The first-order chi connectivity index (χ1) is 24.3. The van der Waals surface area contributed by atoms with E-state index >= 15 is 0 Å². The van der Waals surface area contributed by atoms with Gasteiger partial charge < -0.3 is 34.4 Å². The molecular weight excluding hydrogens is 716 g/mol. The van der Waals surface area contributed by atoms with Gasteiger partial charge in [0.15, 0.2) is 17.1 Å². The predicted molar refractivity (Wildman–Crippen MR) is 179 cm³/mol. The molecule has 0 aliphatic carbocycles. The highest BCUT2D eigenvalue weighted by Crippen LogP contribution is 2.36. The van der Waals surface area contributed by atoms with Crippen molar-refractivity contribution < 1.29 is 46.6 Å². The molecule has 1 unspecified atom stereocenters. The molecule has 2 aliphatic rings. The Hall–Kier alpha value is -4.71. The van der Waals surface area contributed by atoms with E-state index in [4.69, 9.17) is 16.3 Å². The number of nitrogens with zero attached hydrogens (tertiary/aromatic N) is 7. The number of likely N-dealkylation sites (tertiary alicyclic amines) is 1. The third-order valence-corrected chi connectivity index (χ3v) is 8.96. The van der Waals surface area contributed by atoms with Gasteiger partial charge in [-0.2, -0.15) is 18.3 Å². The summed E-state index contributed by atoms with van der Waals surface area (Å²) in [6.45, 7) is 4.60. The van der Waals surface area contributed by atoms with Crippen LogP contribution in [-0.2, 0) is 29.3 Å². The second-order valence-corrected chi connectivity index (χ2v) is 14.0. The van der Waals surface area contributed by atoms with E-state index in [1.807, 2.05) is 0 Å². The molecule has 0 saturated carbocycles. The number of halogens is 5. The average molecular weight is 755 g/mol. The number of amides is 4. The van der Waals surface area contributed by atoms with Crippen LogP contribution in [-0.4, -0.2) is 120 Å². The molecule has 0 spiro atoms. The molecule has 4 heterocycles. The summed E-state index contributed by atoms with van der Waals surface area (Å²) < 4.78 is 61.2. The van der Waals surface area contributed by atoms with Crippen molar-refractivity contribution >= 4 is 41.1 Å². The van der Waals surface area contributed by atoms with Gasteiger partial charge in [0.05, 0.1) is 41.1 Å². The van der Waals surface area contributed by atoms with E-state index in [0.717, 1.165) is 21.6 Å². The summed E-state index contributed by atoms with van der Waals surface area (Å²) in [5.74, 6) is -1.97. The number of aryl methyl sites for hydroxylation is 1. The molecule has 14 nitrogen and oxygen atoms in total. The molecule has 52 heavy (non-hydrogen) atoms. The smallest absolute Gasteiger partial charge is 0.435 e. The minimum Gasteiger partial charge on any atom is -0.444 e. The van der Waals surface area contributed by atoms with Gasteiger partial charge in [-0.1, -0.05) is 11.6 Å². The molecule has 4 amide bonds. The lowest BCUT2D eigenvalue weighted by Gasteiger charge is -2.43. The molecule has 19 heteroatoms. The van der Waals surface area contributed by atoms with Gasteiger partial charge in [0.1, 0.15) is 12.3 Å². The monoisotopic (exact) mass is 754 g/mol. The van der Waals surface area contributed by atoms with Gasteiger partial charge in [-0.3, -0.25) is 19.1 Å². The number of hydrogen-bond donors (Lipinski definition) is 2. The van der Waals surface area contributed by atoms with Crippen LogP contribution in [0.2, 0.25) is 5.02 Å². The number of rotatable bonds is 7. The van der Waals surface area contributed by atoms with Crippen LogP contribution in [0.15, 0.2) is 30.6 Å². The summed E-state index contributed by atoms with van der Waals surface area (Å²) in [4.78, 5) is 60.8. The molecule has 0 bridgehead atoms. The fourth-order valence-electron chi connectivity index (χ4n) is 6.11. The van der Waals surface area contributed by atoms with E-state index in [-0.39, 0.29) is 79.0 Å². The first-order valence-corrected chi connectivity index (χ1v) is 16.8. The van der Waals surface area contributed by atoms with Crippen molar-refractivity contribution in [3.05, 3.63) is 52.7 Å². The second-order valence-electron chi connectivity index (χ2n) is 13.6. The summed E-state index contributed by atoms with van der Waals surface area (Å²) in [6.07, 6.45) is -2.74. The topological polar surface area (TPSA) is 155 Å². The van der Waals surface area contributed by atoms with E-state index in [9.17, 15) is 41.8 Å². The van der Waals surface area contributed by atoms with Gasteiger partial charge in [0.25, 0.3) is 17.7 Å². The highest BCUT2D eigenvalue weighted by molar-refractivity contribution is 6.34. The number of aliphatic hydroxyl groups is 1. The van der Waals surface area contributed by atoms with E-state index in [1.54, 1.807) is 20.8 Å². The fraction of sp³-hybridized carbons (Fsp3) is 0.515. The minimum absolute atomic E-state index is 0.00989. The molecule has 282 valence electrons. The minimum atomic E-state index is -4.84. The van der Waals surface area contributed by atoms with Crippen molar-refractivity contribution in [1.82, 2.24) is 34.0 Å². The van der Waals surface area contributed by atoms with Gasteiger partial charge in [-0.05, 0) is 51.8 Å². The molecule has 1 aromatic carbocycles. The molecule has 2 N–H and O–H groups in total. The largest absolute Gasteiger partial charge is 0.444 e. The van der Waals surface area contributed by atoms with Crippen LogP contribution in [0, 0.1) is 0 Å². The van der Waals surface area contributed by atoms with Crippen molar-refractivity contribution in [1.29, 1.82) is 0 Å². The Kier molecular flexibility index (Phi) is 10.9. The predicted octanol–water partition coefficient (Wildman–Crippen LogP) is 4.22. The zero-order chi connectivity index (χ0) is 38.2. The SMILES string of the molecule is Cn1c(-c2cn(CCF)nc2C(F)(F)F)cnc1C(=O)Nc1ccc(C(=O)N2CCN(C(=O)C3(O)CCCN(C(=O)OC(C)(C)C)C3)CC2)c(Cl)c1. The Morgan fingerprint density at radius 1 is 1.04 bits per heavy atom. The van der Waals surface area contributed by atoms with Crippen LogP contribution >= 0.6 is 11.6 Å². The molecule has 2 aromatic heterocycles. The molecule has 0 radical (unpaired) electrons. The van der Waals surface area contributed by atoms with Gasteiger partial charge in [-0.15, -0.1) is 0 Å². The van der Waals surface area contributed by atoms with Crippen LogP contribution in [0.3, 0.4) is 0 Å². The van der Waals surface area contributed by atoms with Crippen molar-refractivity contribution in [3.8, 4) is 11.3 Å². The number of β-amino-alcohol motifs (C(OH)–C–C–N with tert-alkyl or cyclic N) is 1. The zero-order valence-corrected chi connectivity index (χ0v) is 29.7. The van der Waals surface area contributed by atoms with E-state index < -0.39 is 53.6 Å². The van der Waals surface area contributed by atoms with Gasteiger partial charge >= 0.3 is 12.3 Å². The Morgan fingerprint density at radius 3 is 2.33 bits per heavy atom. The number of carbonyl (C=O) groups excluding carboxylic acids is 4. The Bertz CT molecular complexity index is 1850. The molecule has 2 aliphatic heterocycles. The van der Waals surface area contributed by atoms with E-state index in [0.29, 0.717) is 13.0 Å². The number of nitrogens with one attached hydrogen (secondary N) is 1. The van der Waals surface area contributed by atoms with Crippen LogP contribution in [0.1, 0.15) is 60.3 Å². The summed E-state index contributed by atoms with van der Waals surface area (Å²) in [6, 6.07) is 4.18. The number of ether oxygens (including phenoxy) is 1. The molecule has 2 saturated heterocycles. The number of benzene rings is 1. The first kappa shape index (κ1) is 38.5. The molecular formula is C33H39ClF4N8O6.